The minimum absolute atomic E-state index is 0. The molecule has 1 saturated carbocycles. The van der Waals surface area contributed by atoms with Gasteiger partial charge in [-0.2, -0.15) is 0 Å². The summed E-state index contributed by atoms with van der Waals surface area (Å²) in [7, 11) is 1.87. The lowest BCUT2D eigenvalue weighted by Gasteiger charge is -2.33. The molecule has 0 unspecified atom stereocenters. The summed E-state index contributed by atoms with van der Waals surface area (Å²) in [5.41, 5.74) is 6.77. The Labute approximate surface area is 114 Å². The first kappa shape index (κ1) is 15.1. The molecule has 1 aromatic heterocycles. The van der Waals surface area contributed by atoms with Crippen molar-refractivity contribution in [2.75, 3.05) is 6.54 Å². The van der Waals surface area contributed by atoms with Crippen LogP contribution >= 0.6 is 12.4 Å². The van der Waals surface area contributed by atoms with Gasteiger partial charge >= 0.3 is 0 Å². The van der Waals surface area contributed by atoms with Gasteiger partial charge in [-0.25, -0.2) is 0 Å². The van der Waals surface area contributed by atoms with Crippen molar-refractivity contribution >= 4 is 18.3 Å². The normalized spacial score (nSPS) is 17.9. The molecular formula is C13H22ClN3O. The number of nitrogens with two attached hydrogens (primary N) is 1. The van der Waals surface area contributed by atoms with Gasteiger partial charge < -0.3 is 15.6 Å². The Balaban J connectivity index is 0.00000162. The van der Waals surface area contributed by atoms with E-state index in [2.05, 4.69) is 5.32 Å². The Morgan fingerprint density at radius 3 is 2.67 bits per heavy atom. The van der Waals surface area contributed by atoms with E-state index in [0.29, 0.717) is 12.2 Å². The van der Waals surface area contributed by atoms with E-state index >= 15 is 0 Å². The van der Waals surface area contributed by atoms with E-state index in [4.69, 9.17) is 5.73 Å². The van der Waals surface area contributed by atoms with Crippen molar-refractivity contribution in [3.05, 3.63) is 24.0 Å². The van der Waals surface area contributed by atoms with Gasteiger partial charge in [-0.1, -0.05) is 19.3 Å². The largest absolute Gasteiger partial charge is 0.349 e. The van der Waals surface area contributed by atoms with E-state index in [1.54, 1.807) is 0 Å². The first-order valence-corrected chi connectivity index (χ1v) is 6.29. The number of hydrogen-bond acceptors (Lipinski definition) is 2. The number of carbonyl (C=O) groups is 1. The molecule has 1 heterocycles. The first-order chi connectivity index (χ1) is 8.11. The molecule has 0 aliphatic heterocycles. The van der Waals surface area contributed by atoms with Gasteiger partial charge in [-0.05, 0) is 25.0 Å². The van der Waals surface area contributed by atoms with Crippen LogP contribution in [0.1, 0.15) is 42.6 Å². The average Bonchev–Trinajstić information content (AvgIpc) is 2.74. The standard InChI is InChI=1S/C13H21N3O.ClH/c1-16-9-5-6-11(16)12(17)15-10-13(14)7-3-2-4-8-13;/h5-6,9H,2-4,7-8,10,14H2,1H3,(H,15,17);1H. The van der Waals surface area contributed by atoms with Crippen LogP contribution in [0.15, 0.2) is 18.3 Å². The van der Waals surface area contributed by atoms with Gasteiger partial charge in [-0.3, -0.25) is 4.79 Å². The Kier molecular flexibility index (Phi) is 5.23. The maximum absolute atomic E-state index is 11.9. The van der Waals surface area contributed by atoms with Crippen molar-refractivity contribution < 1.29 is 4.79 Å². The number of nitrogens with one attached hydrogen (secondary N) is 1. The molecule has 5 heteroatoms. The van der Waals surface area contributed by atoms with E-state index in [9.17, 15) is 4.79 Å². The Hall–Kier alpha value is -1.00. The van der Waals surface area contributed by atoms with Gasteiger partial charge in [0.15, 0.2) is 0 Å². The SMILES string of the molecule is Cl.Cn1cccc1C(=O)NCC1(N)CCCCC1. The van der Waals surface area contributed by atoms with E-state index in [-0.39, 0.29) is 23.9 Å². The van der Waals surface area contributed by atoms with Gasteiger partial charge in [0.25, 0.3) is 5.91 Å². The van der Waals surface area contributed by atoms with Crippen molar-refractivity contribution in [2.24, 2.45) is 12.8 Å². The fraction of sp³-hybridized carbons (Fsp3) is 0.615. The molecule has 0 bridgehead atoms. The average molecular weight is 272 g/mol. The Bertz CT molecular complexity index is 397. The van der Waals surface area contributed by atoms with Crippen LogP contribution in [0, 0.1) is 0 Å². The van der Waals surface area contributed by atoms with Crippen LogP contribution in [0.2, 0.25) is 0 Å². The van der Waals surface area contributed by atoms with Crippen molar-refractivity contribution in [2.45, 2.75) is 37.6 Å². The second-order valence-corrected chi connectivity index (χ2v) is 5.11. The fourth-order valence-corrected chi connectivity index (χ4v) is 2.48. The summed E-state index contributed by atoms with van der Waals surface area (Å²) in [5, 5.41) is 2.95. The predicted octanol–water partition coefficient (Wildman–Crippen LogP) is 1.84. The van der Waals surface area contributed by atoms with Gasteiger partial charge in [0.05, 0.1) is 0 Å². The van der Waals surface area contributed by atoms with Crippen LogP contribution in [0.4, 0.5) is 0 Å². The third-order valence-electron chi connectivity index (χ3n) is 3.63. The van der Waals surface area contributed by atoms with Crippen LogP contribution in [0.3, 0.4) is 0 Å². The van der Waals surface area contributed by atoms with E-state index < -0.39 is 0 Å². The molecule has 1 amide bonds. The second-order valence-electron chi connectivity index (χ2n) is 5.11. The maximum Gasteiger partial charge on any atom is 0.267 e. The van der Waals surface area contributed by atoms with E-state index in [1.807, 2.05) is 29.9 Å². The summed E-state index contributed by atoms with van der Waals surface area (Å²) >= 11 is 0. The molecule has 4 nitrogen and oxygen atoms in total. The second kappa shape index (κ2) is 6.25. The molecule has 18 heavy (non-hydrogen) atoms. The molecule has 1 fully saturated rings. The number of carbonyl (C=O) groups excluding carboxylic acids is 1. The minimum Gasteiger partial charge on any atom is -0.349 e. The zero-order valence-corrected chi connectivity index (χ0v) is 11.6. The lowest BCUT2D eigenvalue weighted by Crippen LogP contribution is -2.51. The minimum atomic E-state index is -0.195. The number of aryl methyl sites for hydroxylation is 1. The van der Waals surface area contributed by atoms with Gasteiger partial charge in [-0.15, -0.1) is 12.4 Å². The number of hydrogen-bond donors (Lipinski definition) is 2. The maximum atomic E-state index is 11.9. The third kappa shape index (κ3) is 3.50. The monoisotopic (exact) mass is 271 g/mol. The van der Waals surface area contributed by atoms with Crippen LogP contribution in [0.5, 0.6) is 0 Å². The zero-order valence-electron chi connectivity index (χ0n) is 10.8. The highest BCUT2D eigenvalue weighted by atomic mass is 35.5. The zero-order chi connectivity index (χ0) is 12.3. The van der Waals surface area contributed by atoms with Crippen LogP contribution < -0.4 is 11.1 Å². The van der Waals surface area contributed by atoms with Gasteiger partial charge in [0, 0.05) is 25.3 Å². The summed E-state index contributed by atoms with van der Waals surface area (Å²) in [5.74, 6) is -0.0344. The molecule has 0 saturated heterocycles. The summed E-state index contributed by atoms with van der Waals surface area (Å²) in [6.07, 6.45) is 7.52. The number of halogens is 1. The summed E-state index contributed by atoms with van der Waals surface area (Å²) in [6.45, 7) is 0.580. The quantitative estimate of drug-likeness (QED) is 0.881. The number of aromatic nitrogens is 1. The Morgan fingerprint density at radius 1 is 1.44 bits per heavy atom. The van der Waals surface area contributed by atoms with Crippen LogP contribution in [-0.4, -0.2) is 22.6 Å². The smallest absolute Gasteiger partial charge is 0.267 e. The highest BCUT2D eigenvalue weighted by Gasteiger charge is 2.27. The molecule has 0 radical (unpaired) electrons. The summed E-state index contributed by atoms with van der Waals surface area (Å²) in [4.78, 5) is 11.9. The van der Waals surface area contributed by atoms with Crippen molar-refractivity contribution in [1.29, 1.82) is 0 Å². The lowest BCUT2D eigenvalue weighted by atomic mass is 9.82. The summed E-state index contributed by atoms with van der Waals surface area (Å²) in [6, 6.07) is 3.69. The molecule has 1 aromatic rings. The highest BCUT2D eigenvalue weighted by Crippen LogP contribution is 2.25. The molecule has 0 spiro atoms. The van der Waals surface area contributed by atoms with E-state index in [0.717, 1.165) is 12.8 Å². The number of rotatable bonds is 3. The van der Waals surface area contributed by atoms with Crippen molar-refractivity contribution in [3.8, 4) is 0 Å². The molecule has 102 valence electrons. The van der Waals surface area contributed by atoms with Crippen LogP contribution in [-0.2, 0) is 7.05 Å². The number of nitrogens with zero attached hydrogens (tertiary/aromatic N) is 1. The third-order valence-corrected chi connectivity index (χ3v) is 3.63. The fourth-order valence-electron chi connectivity index (χ4n) is 2.48. The van der Waals surface area contributed by atoms with Gasteiger partial charge in [0.1, 0.15) is 5.69 Å². The van der Waals surface area contributed by atoms with E-state index in [1.165, 1.54) is 19.3 Å². The highest BCUT2D eigenvalue weighted by molar-refractivity contribution is 5.92. The summed E-state index contributed by atoms with van der Waals surface area (Å²) < 4.78 is 1.82. The predicted molar refractivity (Wildman–Crippen MR) is 75.0 cm³/mol. The molecule has 0 atom stereocenters. The Morgan fingerprint density at radius 2 is 2.11 bits per heavy atom. The van der Waals surface area contributed by atoms with Gasteiger partial charge in [0.2, 0.25) is 0 Å². The molecule has 0 aromatic carbocycles. The molecule has 3 N–H and O–H groups in total. The lowest BCUT2D eigenvalue weighted by molar-refractivity contribution is 0.0929. The molecular weight excluding hydrogens is 250 g/mol. The first-order valence-electron chi connectivity index (χ1n) is 6.29. The molecule has 1 aliphatic rings. The van der Waals surface area contributed by atoms with Crippen molar-refractivity contribution in [3.63, 3.8) is 0 Å². The number of amides is 1. The molecule has 2 rings (SSSR count). The van der Waals surface area contributed by atoms with Crippen molar-refractivity contribution in [1.82, 2.24) is 9.88 Å². The van der Waals surface area contributed by atoms with Crippen LogP contribution in [0.25, 0.3) is 0 Å². The molecule has 1 aliphatic carbocycles. The topological polar surface area (TPSA) is 60.0 Å².